The van der Waals surface area contributed by atoms with E-state index in [4.69, 9.17) is 15.6 Å². The first-order chi connectivity index (χ1) is 7.11. The number of benzene rings is 1. The lowest BCUT2D eigenvalue weighted by atomic mass is 10.2. The summed E-state index contributed by atoms with van der Waals surface area (Å²) in [4.78, 5) is 10.4. The molecule has 0 aliphatic heterocycles. The third kappa shape index (κ3) is 3.67. The van der Waals surface area contributed by atoms with Crippen molar-refractivity contribution in [3.63, 3.8) is 0 Å². The quantitative estimate of drug-likeness (QED) is 0.593. The van der Waals surface area contributed by atoms with Crippen molar-refractivity contribution < 1.29 is 19.7 Å². The van der Waals surface area contributed by atoms with Crippen LogP contribution in [0.2, 0.25) is 0 Å². The van der Waals surface area contributed by atoms with E-state index in [9.17, 15) is 9.90 Å². The summed E-state index contributed by atoms with van der Waals surface area (Å²) in [5.74, 6) is -1.30. The largest absolute Gasteiger partial charge is 0.480 e. The Labute approximate surface area is 87.1 Å². The van der Waals surface area contributed by atoms with E-state index in [0.29, 0.717) is 0 Å². The first kappa shape index (κ1) is 11.6. The maximum absolute atomic E-state index is 10.4. The van der Waals surface area contributed by atoms with E-state index in [1.54, 1.807) is 12.1 Å². The average molecular weight is 211 g/mol. The second-order valence-electron chi connectivity index (χ2n) is 3.05. The minimum atomic E-state index is -1.50. The van der Waals surface area contributed by atoms with E-state index in [-0.39, 0.29) is 6.61 Å². The Balaban J connectivity index is 2.41. The Kier molecular flexibility index (Phi) is 4.23. The third-order valence-electron chi connectivity index (χ3n) is 1.86. The summed E-state index contributed by atoms with van der Waals surface area (Å²) < 4.78 is 4.90. The topological polar surface area (TPSA) is 92.8 Å². The molecular weight excluding hydrogens is 198 g/mol. The summed E-state index contributed by atoms with van der Waals surface area (Å²) in [5.41, 5.74) is 5.99. The Hall–Kier alpha value is -1.43. The first-order valence-corrected chi connectivity index (χ1v) is 4.43. The summed E-state index contributed by atoms with van der Waals surface area (Å²) in [5, 5.41) is 17.7. The number of nitrogens with two attached hydrogens (primary N) is 1. The van der Waals surface area contributed by atoms with Crippen molar-refractivity contribution in [3.05, 3.63) is 35.9 Å². The normalized spacial score (nSPS) is 14.5. The highest BCUT2D eigenvalue weighted by atomic mass is 16.6. The molecule has 0 heterocycles. The first-order valence-electron chi connectivity index (χ1n) is 4.43. The average Bonchev–Trinajstić information content (AvgIpc) is 2.26. The number of hydrogen-bond donors (Lipinski definition) is 3. The zero-order chi connectivity index (χ0) is 11.3. The van der Waals surface area contributed by atoms with Crippen molar-refractivity contribution in [1.29, 1.82) is 0 Å². The summed E-state index contributed by atoms with van der Waals surface area (Å²) in [6.07, 6.45) is -1.50. The highest BCUT2D eigenvalue weighted by Gasteiger charge is 2.22. The van der Waals surface area contributed by atoms with Gasteiger partial charge in [0.15, 0.2) is 12.3 Å². The van der Waals surface area contributed by atoms with Gasteiger partial charge in [0.25, 0.3) is 0 Å². The SMILES string of the molecule is NC(C(=O)O)C(O)OCc1ccccc1. The third-order valence-corrected chi connectivity index (χ3v) is 1.86. The van der Waals surface area contributed by atoms with Crippen molar-refractivity contribution in [2.45, 2.75) is 18.9 Å². The Bertz CT molecular complexity index is 314. The Morgan fingerprint density at radius 1 is 1.40 bits per heavy atom. The maximum Gasteiger partial charge on any atom is 0.325 e. The minimum Gasteiger partial charge on any atom is -0.480 e. The van der Waals surface area contributed by atoms with E-state index in [1.807, 2.05) is 18.2 Å². The Morgan fingerprint density at radius 3 is 2.53 bits per heavy atom. The number of aliphatic hydroxyl groups excluding tert-OH is 1. The number of aliphatic hydroxyl groups is 1. The van der Waals surface area contributed by atoms with Gasteiger partial charge < -0.3 is 20.7 Å². The van der Waals surface area contributed by atoms with Crippen molar-refractivity contribution in [1.82, 2.24) is 0 Å². The molecule has 5 nitrogen and oxygen atoms in total. The molecule has 0 fully saturated rings. The number of carbonyl (C=O) groups is 1. The molecule has 1 aromatic carbocycles. The molecule has 0 radical (unpaired) electrons. The monoisotopic (exact) mass is 211 g/mol. The molecule has 15 heavy (non-hydrogen) atoms. The van der Waals surface area contributed by atoms with Crippen molar-refractivity contribution in [3.8, 4) is 0 Å². The van der Waals surface area contributed by atoms with Crippen molar-refractivity contribution in [2.24, 2.45) is 5.73 Å². The molecule has 0 saturated carbocycles. The molecule has 0 bridgehead atoms. The highest BCUT2D eigenvalue weighted by Crippen LogP contribution is 2.03. The van der Waals surface area contributed by atoms with E-state index >= 15 is 0 Å². The van der Waals surface area contributed by atoms with Crippen LogP contribution in [0.3, 0.4) is 0 Å². The van der Waals surface area contributed by atoms with E-state index in [1.165, 1.54) is 0 Å². The number of carboxylic acid groups (broad SMARTS) is 1. The van der Waals surface area contributed by atoms with Crippen molar-refractivity contribution >= 4 is 5.97 Å². The molecule has 0 saturated heterocycles. The van der Waals surface area contributed by atoms with Crippen LogP contribution in [0, 0.1) is 0 Å². The molecule has 1 rings (SSSR count). The molecule has 2 unspecified atom stereocenters. The van der Waals surface area contributed by atoms with Gasteiger partial charge in [0, 0.05) is 0 Å². The molecular formula is C10H13NO4. The van der Waals surface area contributed by atoms with E-state index in [2.05, 4.69) is 0 Å². The predicted molar refractivity (Wildman–Crippen MR) is 52.8 cm³/mol. The van der Waals surface area contributed by atoms with Crippen LogP contribution in [0.5, 0.6) is 0 Å². The van der Waals surface area contributed by atoms with Gasteiger partial charge in [-0.15, -0.1) is 0 Å². The number of ether oxygens (including phenoxy) is 1. The Morgan fingerprint density at radius 2 is 2.00 bits per heavy atom. The van der Waals surface area contributed by atoms with Crippen LogP contribution in [-0.4, -0.2) is 28.5 Å². The summed E-state index contributed by atoms with van der Waals surface area (Å²) in [6, 6.07) is 7.68. The van der Waals surface area contributed by atoms with Gasteiger partial charge in [0.1, 0.15) is 0 Å². The van der Waals surface area contributed by atoms with Crippen LogP contribution in [0.4, 0.5) is 0 Å². The van der Waals surface area contributed by atoms with Gasteiger partial charge in [0.05, 0.1) is 6.61 Å². The van der Waals surface area contributed by atoms with Gasteiger partial charge in [-0.3, -0.25) is 4.79 Å². The zero-order valence-electron chi connectivity index (χ0n) is 8.04. The maximum atomic E-state index is 10.4. The number of rotatable bonds is 5. The summed E-state index contributed by atoms with van der Waals surface area (Å²) in [7, 11) is 0. The van der Waals surface area contributed by atoms with Gasteiger partial charge >= 0.3 is 5.97 Å². The fourth-order valence-electron chi connectivity index (χ4n) is 0.981. The van der Waals surface area contributed by atoms with E-state index in [0.717, 1.165) is 5.56 Å². The molecule has 0 aliphatic rings. The van der Waals surface area contributed by atoms with Gasteiger partial charge in [-0.2, -0.15) is 0 Å². The highest BCUT2D eigenvalue weighted by molar-refractivity contribution is 5.73. The van der Waals surface area contributed by atoms with Gasteiger partial charge in [0.2, 0.25) is 0 Å². The minimum absolute atomic E-state index is 0.128. The molecule has 0 amide bonds. The molecule has 1 aromatic rings. The van der Waals surface area contributed by atoms with Crippen LogP contribution < -0.4 is 5.73 Å². The zero-order valence-corrected chi connectivity index (χ0v) is 8.04. The fourth-order valence-corrected chi connectivity index (χ4v) is 0.981. The summed E-state index contributed by atoms with van der Waals surface area (Å²) in [6.45, 7) is 0.128. The standard InChI is InChI=1S/C10H13NO4/c11-8(9(12)13)10(14)15-6-7-4-2-1-3-5-7/h1-5,8,10,14H,6,11H2,(H,12,13). The molecule has 4 N–H and O–H groups in total. The van der Waals surface area contributed by atoms with Crippen LogP contribution in [0.25, 0.3) is 0 Å². The van der Waals surface area contributed by atoms with Gasteiger partial charge in [-0.1, -0.05) is 30.3 Å². The molecule has 0 spiro atoms. The molecule has 2 atom stereocenters. The molecule has 82 valence electrons. The van der Waals surface area contributed by atoms with Crippen LogP contribution in [0.1, 0.15) is 5.56 Å². The smallest absolute Gasteiger partial charge is 0.325 e. The molecule has 0 aromatic heterocycles. The fraction of sp³-hybridized carbons (Fsp3) is 0.300. The number of carboxylic acids is 1. The van der Waals surface area contributed by atoms with Crippen LogP contribution in [0.15, 0.2) is 30.3 Å². The van der Waals surface area contributed by atoms with Gasteiger partial charge in [-0.25, -0.2) is 0 Å². The molecule has 5 heteroatoms. The lowest BCUT2D eigenvalue weighted by Crippen LogP contribution is -2.43. The molecule has 0 aliphatic carbocycles. The van der Waals surface area contributed by atoms with Crippen LogP contribution >= 0.6 is 0 Å². The van der Waals surface area contributed by atoms with E-state index < -0.39 is 18.3 Å². The lowest BCUT2D eigenvalue weighted by molar-refractivity contribution is -0.160. The number of aliphatic carboxylic acids is 1. The van der Waals surface area contributed by atoms with Gasteiger partial charge in [-0.05, 0) is 5.56 Å². The lowest BCUT2D eigenvalue weighted by Gasteiger charge is -2.15. The van der Waals surface area contributed by atoms with Crippen molar-refractivity contribution in [2.75, 3.05) is 0 Å². The summed E-state index contributed by atoms with van der Waals surface area (Å²) >= 11 is 0. The predicted octanol–water partition coefficient (Wildman–Crippen LogP) is -0.0665. The van der Waals surface area contributed by atoms with Crippen LogP contribution in [-0.2, 0) is 16.1 Å². The second kappa shape index (κ2) is 5.45. The second-order valence-corrected chi connectivity index (χ2v) is 3.05. The number of hydrogen-bond acceptors (Lipinski definition) is 4.